The lowest BCUT2D eigenvalue weighted by Crippen LogP contribution is -2.48. The second kappa shape index (κ2) is 8.49. The van der Waals surface area contributed by atoms with E-state index in [1.54, 1.807) is 44.8 Å². The Kier molecular flexibility index (Phi) is 5.38. The number of carbonyl (C=O) groups excluding carboxylic acids is 1. The molecule has 2 aliphatic heterocycles. The number of methoxy groups -OCH3 is 2. The summed E-state index contributed by atoms with van der Waals surface area (Å²) in [4.78, 5) is 23.8. The van der Waals surface area contributed by atoms with Crippen LogP contribution in [0.1, 0.15) is 37.5 Å². The van der Waals surface area contributed by atoms with Gasteiger partial charge in [0, 0.05) is 42.0 Å². The van der Waals surface area contributed by atoms with E-state index in [2.05, 4.69) is 20.4 Å². The third kappa shape index (κ3) is 3.74. The molecule has 0 saturated carbocycles. The number of amides is 2. The number of benzene rings is 1. The Balaban J connectivity index is 1.30. The number of ether oxygens (including phenoxy) is 2. The number of hydrogen-bond acceptors (Lipinski definition) is 7. The van der Waals surface area contributed by atoms with Gasteiger partial charge in [0.1, 0.15) is 11.5 Å². The minimum atomic E-state index is -0.120. The number of piperidine rings is 1. The summed E-state index contributed by atoms with van der Waals surface area (Å²) in [5, 5.41) is 7.16. The lowest BCUT2D eigenvalue weighted by molar-refractivity contribution is 0.140. The van der Waals surface area contributed by atoms with Crippen LogP contribution >= 0.6 is 0 Å². The molecule has 166 valence electrons. The van der Waals surface area contributed by atoms with Gasteiger partial charge in [-0.15, -0.1) is 0 Å². The molecule has 2 fully saturated rings. The number of nitrogens with zero attached hydrogens (tertiary/aromatic N) is 4. The molecule has 2 bridgehead atoms. The fourth-order valence-electron chi connectivity index (χ4n) is 4.82. The third-order valence-electron chi connectivity index (χ3n) is 6.35. The van der Waals surface area contributed by atoms with E-state index in [1.165, 1.54) is 0 Å². The van der Waals surface area contributed by atoms with Gasteiger partial charge in [0.2, 0.25) is 11.7 Å². The van der Waals surface area contributed by atoms with Gasteiger partial charge in [-0.25, -0.2) is 4.79 Å². The van der Waals surface area contributed by atoms with E-state index in [4.69, 9.17) is 14.0 Å². The predicted octanol–water partition coefficient (Wildman–Crippen LogP) is 4.09. The molecular weight excluding hydrogens is 410 g/mol. The van der Waals surface area contributed by atoms with Crippen LogP contribution in [0.5, 0.6) is 11.5 Å². The lowest BCUT2D eigenvalue weighted by Gasteiger charge is -2.37. The number of hydrogen-bond donors (Lipinski definition) is 1. The first kappa shape index (κ1) is 20.3. The van der Waals surface area contributed by atoms with E-state index in [-0.39, 0.29) is 24.0 Å². The highest BCUT2D eigenvalue weighted by atomic mass is 16.5. The molecule has 0 spiro atoms. The van der Waals surface area contributed by atoms with E-state index in [0.29, 0.717) is 28.9 Å². The highest BCUT2D eigenvalue weighted by Crippen LogP contribution is 2.43. The van der Waals surface area contributed by atoms with Gasteiger partial charge in [-0.2, -0.15) is 4.98 Å². The average Bonchev–Trinajstić information content (AvgIpc) is 3.42. The topological polar surface area (TPSA) is 103 Å². The van der Waals surface area contributed by atoms with Gasteiger partial charge in [-0.1, -0.05) is 5.16 Å². The van der Waals surface area contributed by atoms with E-state index >= 15 is 0 Å². The van der Waals surface area contributed by atoms with Crippen molar-refractivity contribution in [2.24, 2.45) is 0 Å². The summed E-state index contributed by atoms with van der Waals surface area (Å²) in [6, 6.07) is 9.21. The van der Waals surface area contributed by atoms with Crippen molar-refractivity contribution < 1.29 is 18.8 Å². The molecule has 3 atom stereocenters. The van der Waals surface area contributed by atoms with Crippen molar-refractivity contribution in [2.45, 2.75) is 43.7 Å². The Morgan fingerprint density at radius 1 is 1.09 bits per heavy atom. The smallest absolute Gasteiger partial charge is 0.322 e. The first-order chi connectivity index (χ1) is 15.7. The molecule has 9 heteroatoms. The van der Waals surface area contributed by atoms with Crippen molar-refractivity contribution in [1.29, 1.82) is 0 Å². The Morgan fingerprint density at radius 2 is 1.84 bits per heavy atom. The number of aromatic nitrogens is 3. The quantitative estimate of drug-likeness (QED) is 0.644. The molecule has 4 heterocycles. The Morgan fingerprint density at radius 3 is 2.53 bits per heavy atom. The Bertz CT molecular complexity index is 1090. The van der Waals surface area contributed by atoms with Crippen molar-refractivity contribution in [3.63, 3.8) is 0 Å². The first-order valence-electron chi connectivity index (χ1n) is 10.7. The van der Waals surface area contributed by atoms with Crippen LogP contribution in [0.3, 0.4) is 0 Å². The zero-order valence-electron chi connectivity index (χ0n) is 18.0. The number of carbonyl (C=O) groups is 1. The molecule has 1 N–H and O–H groups in total. The summed E-state index contributed by atoms with van der Waals surface area (Å²) in [5.74, 6) is 2.61. The summed E-state index contributed by atoms with van der Waals surface area (Å²) in [6.45, 7) is 0. The molecule has 2 amide bonds. The number of anilines is 1. The maximum atomic E-state index is 13.2. The van der Waals surface area contributed by atoms with E-state index in [1.807, 2.05) is 17.0 Å². The molecule has 2 aliphatic rings. The maximum absolute atomic E-state index is 13.2. The van der Waals surface area contributed by atoms with Crippen molar-refractivity contribution in [1.82, 2.24) is 20.0 Å². The van der Waals surface area contributed by atoms with Crippen molar-refractivity contribution in [2.75, 3.05) is 19.5 Å². The Labute approximate surface area is 185 Å². The lowest BCUT2D eigenvalue weighted by atomic mass is 9.91. The SMILES string of the molecule is COc1ccc(OC)c(NC(=O)N2[C@@H]3CC[C@H]2CC(c2nc(-c4ccncc4)no2)C3)c1. The number of urea groups is 1. The second-order valence-corrected chi connectivity index (χ2v) is 8.15. The second-order valence-electron chi connectivity index (χ2n) is 8.15. The monoisotopic (exact) mass is 435 g/mol. The minimum absolute atomic E-state index is 0.120. The van der Waals surface area contributed by atoms with Gasteiger partial charge in [-0.05, 0) is 49.9 Å². The van der Waals surface area contributed by atoms with Crippen LogP contribution < -0.4 is 14.8 Å². The fourth-order valence-corrected chi connectivity index (χ4v) is 4.82. The molecule has 3 aromatic rings. The highest BCUT2D eigenvalue weighted by molar-refractivity contribution is 5.92. The van der Waals surface area contributed by atoms with Crippen LogP contribution in [0.15, 0.2) is 47.2 Å². The number of fused-ring (bicyclic) bond motifs is 2. The maximum Gasteiger partial charge on any atom is 0.322 e. The van der Waals surface area contributed by atoms with E-state index < -0.39 is 0 Å². The number of rotatable bonds is 5. The molecule has 9 nitrogen and oxygen atoms in total. The summed E-state index contributed by atoms with van der Waals surface area (Å²) < 4.78 is 16.3. The molecular formula is C23H25N5O4. The van der Waals surface area contributed by atoms with Crippen LogP contribution in [-0.4, -0.2) is 52.4 Å². The van der Waals surface area contributed by atoms with Crippen LogP contribution in [0.4, 0.5) is 10.5 Å². The predicted molar refractivity (Wildman–Crippen MR) is 117 cm³/mol. The van der Waals surface area contributed by atoms with E-state index in [9.17, 15) is 4.79 Å². The molecule has 5 rings (SSSR count). The van der Waals surface area contributed by atoms with Gasteiger partial charge >= 0.3 is 6.03 Å². The molecule has 0 radical (unpaired) electrons. The van der Waals surface area contributed by atoms with Crippen LogP contribution in [0, 0.1) is 0 Å². The summed E-state index contributed by atoms with van der Waals surface area (Å²) in [7, 11) is 3.17. The average molecular weight is 435 g/mol. The van der Waals surface area contributed by atoms with Crippen molar-refractivity contribution in [3.8, 4) is 22.9 Å². The van der Waals surface area contributed by atoms with Crippen LogP contribution in [0.2, 0.25) is 0 Å². The summed E-state index contributed by atoms with van der Waals surface area (Å²) >= 11 is 0. The fraction of sp³-hybridized carbons (Fsp3) is 0.391. The zero-order valence-corrected chi connectivity index (χ0v) is 18.0. The van der Waals surface area contributed by atoms with Gasteiger partial charge in [0.05, 0.1) is 19.9 Å². The normalized spacial score (nSPS) is 21.9. The Hall–Kier alpha value is -3.62. The van der Waals surface area contributed by atoms with Crippen molar-refractivity contribution in [3.05, 3.63) is 48.6 Å². The number of nitrogens with one attached hydrogen (secondary N) is 1. The van der Waals surface area contributed by atoms with E-state index in [0.717, 1.165) is 31.2 Å². The molecule has 2 aromatic heterocycles. The molecule has 1 unspecified atom stereocenters. The summed E-state index contributed by atoms with van der Waals surface area (Å²) in [6.07, 6.45) is 6.96. The van der Waals surface area contributed by atoms with Crippen LogP contribution in [0.25, 0.3) is 11.4 Å². The van der Waals surface area contributed by atoms with Crippen molar-refractivity contribution >= 4 is 11.7 Å². The summed E-state index contributed by atoms with van der Waals surface area (Å²) in [5.41, 5.74) is 1.47. The molecule has 0 aliphatic carbocycles. The third-order valence-corrected chi connectivity index (χ3v) is 6.35. The van der Waals surface area contributed by atoms with Crippen LogP contribution in [-0.2, 0) is 0 Å². The molecule has 1 aromatic carbocycles. The first-order valence-corrected chi connectivity index (χ1v) is 10.7. The van der Waals surface area contributed by atoms with Gasteiger partial charge < -0.3 is 24.2 Å². The number of pyridine rings is 1. The van der Waals surface area contributed by atoms with Gasteiger partial charge in [0.25, 0.3) is 0 Å². The zero-order chi connectivity index (χ0) is 22.1. The largest absolute Gasteiger partial charge is 0.497 e. The molecule has 32 heavy (non-hydrogen) atoms. The minimum Gasteiger partial charge on any atom is -0.497 e. The van der Waals surface area contributed by atoms with Gasteiger partial charge in [-0.3, -0.25) is 4.98 Å². The van der Waals surface area contributed by atoms with Gasteiger partial charge in [0.15, 0.2) is 0 Å². The molecule has 2 saturated heterocycles. The standard InChI is InChI=1S/C23H25N5O4/c1-30-18-5-6-20(31-2)19(13-18)25-23(29)28-16-3-4-17(28)12-15(11-16)22-26-21(27-32-22)14-7-9-24-10-8-14/h5-10,13,15-17H,3-4,11-12H2,1-2H3,(H,25,29)/t15?,16-,17+. The highest BCUT2D eigenvalue weighted by Gasteiger charge is 2.45.